The smallest absolute Gasteiger partial charge is 0.407 e. The van der Waals surface area contributed by atoms with E-state index in [0.29, 0.717) is 31.4 Å². The van der Waals surface area contributed by atoms with Crippen LogP contribution in [-0.2, 0) is 15.9 Å². The largest absolute Gasteiger partial charge is 0.491 e. The van der Waals surface area contributed by atoms with E-state index in [1.165, 1.54) is 12.1 Å². The predicted molar refractivity (Wildman–Crippen MR) is 101 cm³/mol. The van der Waals surface area contributed by atoms with Crippen molar-refractivity contribution in [3.63, 3.8) is 0 Å². The van der Waals surface area contributed by atoms with E-state index >= 15 is 0 Å². The Hall–Kier alpha value is -1.53. The number of halogens is 2. The summed E-state index contributed by atoms with van der Waals surface area (Å²) in [7, 11) is 0. The molecule has 0 saturated heterocycles. The molecular formula is C19H29ClFNO4. The highest BCUT2D eigenvalue weighted by Gasteiger charge is 2.15. The molecule has 1 aromatic carbocycles. The third-order valence-electron chi connectivity index (χ3n) is 3.26. The van der Waals surface area contributed by atoms with Gasteiger partial charge in [0.05, 0.1) is 13.2 Å². The van der Waals surface area contributed by atoms with Crippen LogP contribution in [0.4, 0.5) is 9.18 Å². The summed E-state index contributed by atoms with van der Waals surface area (Å²) in [5.74, 6) is 0.978. The predicted octanol–water partition coefficient (Wildman–Crippen LogP) is 4.16. The van der Waals surface area contributed by atoms with Gasteiger partial charge >= 0.3 is 6.09 Å². The lowest BCUT2D eigenvalue weighted by atomic mass is 10.0. The average Bonchev–Trinajstić information content (AvgIpc) is 2.54. The van der Waals surface area contributed by atoms with Crippen LogP contribution in [0.25, 0.3) is 0 Å². The molecule has 26 heavy (non-hydrogen) atoms. The Morgan fingerprint density at radius 3 is 2.65 bits per heavy atom. The number of ether oxygens (including phenoxy) is 3. The maximum Gasteiger partial charge on any atom is 0.407 e. The number of rotatable bonds is 10. The van der Waals surface area contributed by atoms with Crippen molar-refractivity contribution in [1.82, 2.24) is 5.32 Å². The van der Waals surface area contributed by atoms with Crippen LogP contribution < -0.4 is 10.1 Å². The zero-order chi connectivity index (χ0) is 19.6. The molecule has 1 aromatic rings. The van der Waals surface area contributed by atoms with Crippen LogP contribution in [0.1, 0.15) is 33.3 Å². The van der Waals surface area contributed by atoms with Crippen LogP contribution in [-0.4, -0.2) is 43.9 Å². The fraction of sp³-hybridized carbons (Fsp3) is 0.632. The van der Waals surface area contributed by atoms with Crippen LogP contribution >= 0.6 is 11.6 Å². The summed E-state index contributed by atoms with van der Waals surface area (Å²) in [5.41, 5.74) is 0.397. The topological polar surface area (TPSA) is 56.8 Å². The highest BCUT2D eigenvalue weighted by molar-refractivity contribution is 6.18. The highest BCUT2D eigenvalue weighted by Crippen LogP contribution is 2.23. The molecule has 1 unspecified atom stereocenters. The lowest BCUT2D eigenvalue weighted by Gasteiger charge is -2.19. The van der Waals surface area contributed by atoms with E-state index in [1.54, 1.807) is 26.8 Å². The van der Waals surface area contributed by atoms with Gasteiger partial charge in [0.2, 0.25) is 0 Å². The van der Waals surface area contributed by atoms with E-state index in [2.05, 4.69) is 5.32 Å². The molecule has 0 fully saturated rings. The zero-order valence-corrected chi connectivity index (χ0v) is 16.7. The molecule has 0 spiro atoms. The monoisotopic (exact) mass is 389 g/mol. The van der Waals surface area contributed by atoms with Gasteiger partial charge in [-0.2, -0.15) is 0 Å². The Morgan fingerprint density at radius 2 is 2.00 bits per heavy atom. The minimum Gasteiger partial charge on any atom is -0.491 e. The van der Waals surface area contributed by atoms with Gasteiger partial charge in [-0.3, -0.25) is 0 Å². The van der Waals surface area contributed by atoms with Gasteiger partial charge in [-0.25, -0.2) is 9.18 Å². The number of amides is 1. The number of hydrogen-bond donors (Lipinski definition) is 1. The van der Waals surface area contributed by atoms with Crippen molar-refractivity contribution in [2.75, 3.05) is 32.2 Å². The normalized spacial score (nSPS) is 12.5. The molecule has 1 rings (SSSR count). The van der Waals surface area contributed by atoms with Crippen LogP contribution in [0.5, 0.6) is 5.75 Å². The maximum atomic E-state index is 13.4. The van der Waals surface area contributed by atoms with Gasteiger partial charge in [0, 0.05) is 18.5 Å². The van der Waals surface area contributed by atoms with E-state index in [0.717, 1.165) is 12.0 Å². The third kappa shape index (κ3) is 9.82. The molecule has 0 saturated carbocycles. The molecule has 0 aromatic heterocycles. The van der Waals surface area contributed by atoms with Gasteiger partial charge in [-0.05, 0) is 44.7 Å². The van der Waals surface area contributed by atoms with E-state index in [-0.39, 0.29) is 18.3 Å². The first kappa shape index (κ1) is 22.5. The summed E-state index contributed by atoms with van der Waals surface area (Å²) in [6.07, 6.45) is 0.245. The third-order valence-corrected chi connectivity index (χ3v) is 3.79. The summed E-state index contributed by atoms with van der Waals surface area (Å²) in [6, 6.07) is 4.52. The Kier molecular flexibility index (Phi) is 9.73. The number of alkyl halides is 1. The Labute approximate surface area is 160 Å². The van der Waals surface area contributed by atoms with E-state index < -0.39 is 11.7 Å². The molecule has 7 heteroatoms. The molecule has 1 amide bonds. The summed E-state index contributed by atoms with van der Waals surface area (Å²) in [5, 5.41) is 2.60. The van der Waals surface area contributed by atoms with Crippen molar-refractivity contribution in [3.05, 3.63) is 29.6 Å². The number of carbonyl (C=O) groups excluding carboxylic acids is 1. The minimum atomic E-state index is -0.525. The van der Waals surface area contributed by atoms with Crippen molar-refractivity contribution in [3.8, 4) is 5.75 Å². The quantitative estimate of drug-likeness (QED) is 0.482. The molecule has 1 atom stereocenters. The Morgan fingerprint density at radius 1 is 1.27 bits per heavy atom. The number of nitrogens with one attached hydrogen (secondary N) is 1. The summed E-state index contributed by atoms with van der Waals surface area (Å²) in [6.45, 7) is 8.73. The number of hydrogen-bond acceptors (Lipinski definition) is 4. The van der Waals surface area contributed by atoms with E-state index in [1.807, 2.05) is 6.92 Å². The fourth-order valence-electron chi connectivity index (χ4n) is 2.11. The molecule has 5 nitrogen and oxygen atoms in total. The highest BCUT2D eigenvalue weighted by atomic mass is 35.5. The minimum absolute atomic E-state index is 0.277. The van der Waals surface area contributed by atoms with Gasteiger partial charge in [0.1, 0.15) is 23.8 Å². The van der Waals surface area contributed by atoms with Gasteiger partial charge in [0.25, 0.3) is 0 Å². The van der Waals surface area contributed by atoms with Crippen molar-refractivity contribution in [2.24, 2.45) is 5.92 Å². The molecule has 0 aliphatic rings. The van der Waals surface area contributed by atoms with E-state index in [4.69, 9.17) is 25.8 Å². The molecular weight excluding hydrogens is 361 g/mol. The van der Waals surface area contributed by atoms with Crippen molar-refractivity contribution < 1.29 is 23.4 Å². The molecule has 0 bridgehead atoms. The Bertz CT molecular complexity index is 563. The second-order valence-electron chi connectivity index (χ2n) is 7.11. The maximum absolute atomic E-state index is 13.4. The number of carbonyl (C=O) groups is 1. The fourth-order valence-corrected chi connectivity index (χ4v) is 2.22. The molecule has 0 heterocycles. The Balaban J connectivity index is 2.27. The molecule has 0 aliphatic carbocycles. The van der Waals surface area contributed by atoms with Crippen molar-refractivity contribution in [1.29, 1.82) is 0 Å². The van der Waals surface area contributed by atoms with Gasteiger partial charge in [0.15, 0.2) is 0 Å². The zero-order valence-electron chi connectivity index (χ0n) is 15.9. The van der Waals surface area contributed by atoms with Crippen molar-refractivity contribution in [2.45, 2.75) is 39.7 Å². The first-order valence-corrected chi connectivity index (χ1v) is 9.26. The van der Waals surface area contributed by atoms with Crippen LogP contribution in [0.2, 0.25) is 0 Å². The van der Waals surface area contributed by atoms with Gasteiger partial charge in [-0.15, -0.1) is 11.6 Å². The number of alkyl carbamates (subject to hydrolysis) is 1. The van der Waals surface area contributed by atoms with Gasteiger partial charge in [-0.1, -0.05) is 13.0 Å². The lowest BCUT2D eigenvalue weighted by Crippen LogP contribution is -2.34. The standard InChI is InChI=1S/C19H29ClFNO4/c1-14(13-20)11-15-5-6-16(21)12-17(15)25-10-9-24-8-7-22-18(23)26-19(2,3)4/h5-6,12,14H,7-11,13H2,1-4H3,(H,22,23). The van der Waals surface area contributed by atoms with Gasteiger partial charge < -0.3 is 19.5 Å². The molecule has 0 aliphatic heterocycles. The second-order valence-corrected chi connectivity index (χ2v) is 7.41. The first-order chi connectivity index (χ1) is 12.2. The first-order valence-electron chi connectivity index (χ1n) is 8.73. The average molecular weight is 390 g/mol. The van der Waals surface area contributed by atoms with Crippen LogP contribution in [0.3, 0.4) is 0 Å². The molecule has 148 valence electrons. The van der Waals surface area contributed by atoms with Crippen LogP contribution in [0, 0.1) is 11.7 Å². The lowest BCUT2D eigenvalue weighted by molar-refractivity contribution is 0.0488. The second kappa shape index (κ2) is 11.2. The van der Waals surface area contributed by atoms with Crippen molar-refractivity contribution >= 4 is 17.7 Å². The molecule has 1 N–H and O–H groups in total. The summed E-state index contributed by atoms with van der Waals surface area (Å²) in [4.78, 5) is 11.5. The summed E-state index contributed by atoms with van der Waals surface area (Å²) < 4.78 is 29.6. The van der Waals surface area contributed by atoms with E-state index in [9.17, 15) is 9.18 Å². The number of benzene rings is 1. The summed E-state index contributed by atoms with van der Waals surface area (Å²) >= 11 is 5.84. The van der Waals surface area contributed by atoms with Crippen LogP contribution in [0.15, 0.2) is 18.2 Å². The SMILES string of the molecule is CC(CCl)Cc1ccc(F)cc1OCCOCCNC(=O)OC(C)(C)C. The molecule has 0 radical (unpaired) electrons.